The van der Waals surface area contributed by atoms with E-state index in [2.05, 4.69) is 12.6 Å². The molecular weight excluding hydrogens is 242 g/mol. The van der Waals surface area contributed by atoms with Gasteiger partial charge in [-0.1, -0.05) is 12.2 Å². The van der Waals surface area contributed by atoms with Crippen molar-refractivity contribution < 1.29 is 14.8 Å². The van der Waals surface area contributed by atoms with Gasteiger partial charge in [-0.15, -0.1) is 0 Å². The van der Waals surface area contributed by atoms with Crippen LogP contribution in [0, 0.1) is 17.0 Å². The van der Waals surface area contributed by atoms with Crippen molar-refractivity contribution in [1.82, 2.24) is 0 Å². The zero-order chi connectivity index (χ0) is 13.0. The minimum atomic E-state index is -1.17. The highest BCUT2D eigenvalue weighted by Gasteiger charge is 2.19. The molecule has 0 aromatic heterocycles. The third-order valence-corrected chi connectivity index (χ3v) is 2.46. The number of nitro groups is 1. The first kappa shape index (κ1) is 13.2. The van der Waals surface area contributed by atoms with E-state index in [1.807, 2.05) is 0 Å². The quantitative estimate of drug-likeness (QED) is 0.491. The molecular formula is C11H11NO4S. The number of thiol groups is 1. The van der Waals surface area contributed by atoms with Gasteiger partial charge in [-0.05, 0) is 18.6 Å². The molecule has 0 aliphatic heterocycles. The molecule has 90 valence electrons. The summed E-state index contributed by atoms with van der Waals surface area (Å²) in [6.07, 6.45) is 3.29. The summed E-state index contributed by atoms with van der Waals surface area (Å²) in [5, 5.41) is 19.8. The third kappa shape index (κ3) is 3.07. The summed E-state index contributed by atoms with van der Waals surface area (Å²) in [4.78, 5) is 21.2. The van der Waals surface area contributed by atoms with Crippen LogP contribution in [0.3, 0.4) is 0 Å². The Balaban J connectivity index is 3.41. The number of aromatic carboxylic acids is 1. The van der Waals surface area contributed by atoms with Crippen LogP contribution in [0.4, 0.5) is 5.69 Å². The summed E-state index contributed by atoms with van der Waals surface area (Å²) in [7, 11) is 0. The van der Waals surface area contributed by atoms with E-state index < -0.39 is 10.9 Å². The number of nitro benzene ring substituents is 1. The van der Waals surface area contributed by atoms with Gasteiger partial charge >= 0.3 is 5.97 Å². The predicted octanol–water partition coefficient (Wildman–Crippen LogP) is 2.54. The van der Waals surface area contributed by atoms with E-state index in [9.17, 15) is 14.9 Å². The fourth-order valence-electron chi connectivity index (χ4n) is 1.42. The van der Waals surface area contributed by atoms with E-state index in [4.69, 9.17) is 5.11 Å². The zero-order valence-electron chi connectivity index (χ0n) is 9.08. The van der Waals surface area contributed by atoms with Crippen LogP contribution < -0.4 is 0 Å². The third-order valence-electron chi connectivity index (χ3n) is 2.25. The molecule has 0 atom stereocenters. The standard InChI is InChI=1S/C11H11NO4S/c1-7-9(11(13)14)5-8(3-2-4-17)6-10(7)12(15)16/h2-3,5-6,17H,4H2,1H3,(H,13,14). The Morgan fingerprint density at radius 1 is 1.59 bits per heavy atom. The van der Waals surface area contributed by atoms with Gasteiger partial charge in [-0.2, -0.15) is 12.6 Å². The first-order chi connectivity index (χ1) is 7.97. The monoisotopic (exact) mass is 253 g/mol. The summed E-state index contributed by atoms with van der Waals surface area (Å²) in [6, 6.07) is 2.76. The summed E-state index contributed by atoms with van der Waals surface area (Å²) < 4.78 is 0. The molecule has 0 bridgehead atoms. The topological polar surface area (TPSA) is 80.4 Å². The number of hydrogen-bond acceptors (Lipinski definition) is 4. The fourth-order valence-corrected chi connectivity index (χ4v) is 1.52. The molecule has 0 amide bonds. The van der Waals surface area contributed by atoms with Crippen molar-refractivity contribution in [2.75, 3.05) is 5.75 Å². The van der Waals surface area contributed by atoms with Gasteiger partial charge in [-0.3, -0.25) is 10.1 Å². The van der Waals surface area contributed by atoms with Gasteiger partial charge in [0.1, 0.15) is 0 Å². The van der Waals surface area contributed by atoms with Crippen LogP contribution in [0.1, 0.15) is 21.5 Å². The van der Waals surface area contributed by atoms with Crippen LogP contribution in [0.5, 0.6) is 0 Å². The lowest BCUT2D eigenvalue weighted by Gasteiger charge is -2.04. The van der Waals surface area contributed by atoms with E-state index in [0.717, 1.165) is 0 Å². The normalized spacial score (nSPS) is 10.7. The summed E-state index contributed by atoms with van der Waals surface area (Å²) in [6.45, 7) is 1.42. The van der Waals surface area contributed by atoms with Gasteiger partial charge in [0.05, 0.1) is 10.5 Å². The van der Waals surface area contributed by atoms with Crippen molar-refractivity contribution >= 4 is 30.4 Å². The second-order valence-corrected chi connectivity index (χ2v) is 3.72. The molecule has 1 N–H and O–H groups in total. The van der Waals surface area contributed by atoms with E-state index in [0.29, 0.717) is 11.3 Å². The Labute approximate surface area is 103 Å². The smallest absolute Gasteiger partial charge is 0.336 e. The first-order valence-electron chi connectivity index (χ1n) is 4.77. The molecule has 0 aliphatic carbocycles. The van der Waals surface area contributed by atoms with Gasteiger partial charge in [-0.25, -0.2) is 4.79 Å². The molecule has 0 saturated heterocycles. The number of benzene rings is 1. The molecule has 0 radical (unpaired) electrons. The average molecular weight is 253 g/mol. The molecule has 0 spiro atoms. The molecule has 6 heteroatoms. The van der Waals surface area contributed by atoms with Gasteiger partial charge in [0, 0.05) is 17.4 Å². The minimum absolute atomic E-state index is 0.0574. The van der Waals surface area contributed by atoms with E-state index in [1.54, 1.807) is 12.2 Å². The molecule has 5 nitrogen and oxygen atoms in total. The summed E-state index contributed by atoms with van der Waals surface area (Å²) >= 11 is 3.97. The van der Waals surface area contributed by atoms with E-state index in [-0.39, 0.29) is 16.8 Å². The van der Waals surface area contributed by atoms with Crippen molar-refractivity contribution in [2.45, 2.75) is 6.92 Å². The predicted molar refractivity (Wildman–Crippen MR) is 67.7 cm³/mol. The second kappa shape index (κ2) is 5.49. The maximum absolute atomic E-state index is 11.0. The molecule has 0 saturated carbocycles. The van der Waals surface area contributed by atoms with Gasteiger partial charge in [0.2, 0.25) is 0 Å². The fraction of sp³-hybridized carbons (Fsp3) is 0.182. The molecule has 17 heavy (non-hydrogen) atoms. The second-order valence-electron chi connectivity index (χ2n) is 3.36. The van der Waals surface area contributed by atoms with Gasteiger partial charge < -0.3 is 5.11 Å². The Kier molecular flexibility index (Phi) is 4.28. The molecule has 1 aromatic rings. The van der Waals surface area contributed by atoms with Crippen LogP contribution in [0.25, 0.3) is 6.08 Å². The van der Waals surface area contributed by atoms with Crippen LogP contribution >= 0.6 is 12.6 Å². The maximum atomic E-state index is 11.0. The SMILES string of the molecule is Cc1c(C(=O)O)cc(C=CCS)cc1[N+](=O)[O-]. The highest BCUT2D eigenvalue weighted by molar-refractivity contribution is 7.80. The van der Waals surface area contributed by atoms with Crippen molar-refractivity contribution in [1.29, 1.82) is 0 Å². The van der Waals surface area contributed by atoms with Crippen molar-refractivity contribution in [3.63, 3.8) is 0 Å². The van der Waals surface area contributed by atoms with E-state index in [1.165, 1.54) is 19.1 Å². The van der Waals surface area contributed by atoms with Gasteiger partial charge in [0.25, 0.3) is 5.69 Å². The van der Waals surface area contributed by atoms with Gasteiger partial charge in [0.15, 0.2) is 0 Å². The zero-order valence-corrected chi connectivity index (χ0v) is 9.98. The highest BCUT2D eigenvalue weighted by atomic mass is 32.1. The molecule has 0 aliphatic rings. The Bertz CT molecular complexity index is 461. The van der Waals surface area contributed by atoms with Crippen LogP contribution in [-0.2, 0) is 0 Å². The van der Waals surface area contributed by atoms with Crippen molar-refractivity contribution in [2.24, 2.45) is 0 Å². The highest BCUT2D eigenvalue weighted by Crippen LogP contribution is 2.24. The summed E-state index contributed by atoms with van der Waals surface area (Å²) in [5.74, 6) is -0.698. The number of hydrogen-bond donors (Lipinski definition) is 2. The molecule has 0 unspecified atom stereocenters. The number of carboxylic acid groups (broad SMARTS) is 1. The van der Waals surface area contributed by atoms with Crippen LogP contribution in [0.2, 0.25) is 0 Å². The van der Waals surface area contributed by atoms with Crippen molar-refractivity contribution in [3.05, 3.63) is 45.0 Å². The lowest BCUT2D eigenvalue weighted by Crippen LogP contribution is -2.03. The lowest BCUT2D eigenvalue weighted by molar-refractivity contribution is -0.385. The number of carbonyl (C=O) groups is 1. The first-order valence-corrected chi connectivity index (χ1v) is 5.40. The summed E-state index contributed by atoms with van der Waals surface area (Å²) in [5.41, 5.74) is 0.390. The number of carboxylic acids is 1. The molecule has 0 heterocycles. The molecule has 0 fully saturated rings. The lowest BCUT2D eigenvalue weighted by atomic mass is 10.0. The molecule has 1 rings (SSSR count). The average Bonchev–Trinajstić information content (AvgIpc) is 2.26. The van der Waals surface area contributed by atoms with E-state index >= 15 is 0 Å². The minimum Gasteiger partial charge on any atom is -0.478 e. The Hall–Kier alpha value is -1.82. The number of rotatable bonds is 4. The number of nitrogens with zero attached hydrogens (tertiary/aromatic N) is 1. The maximum Gasteiger partial charge on any atom is 0.336 e. The Morgan fingerprint density at radius 3 is 2.71 bits per heavy atom. The Morgan fingerprint density at radius 2 is 2.24 bits per heavy atom. The van der Waals surface area contributed by atoms with Crippen molar-refractivity contribution in [3.8, 4) is 0 Å². The van der Waals surface area contributed by atoms with Crippen LogP contribution in [0.15, 0.2) is 18.2 Å². The largest absolute Gasteiger partial charge is 0.478 e. The van der Waals surface area contributed by atoms with Crippen LogP contribution in [-0.4, -0.2) is 21.8 Å². The molecule has 1 aromatic carbocycles.